The lowest BCUT2D eigenvalue weighted by Gasteiger charge is -2.11. The van der Waals surface area contributed by atoms with E-state index in [1.54, 1.807) is 32.0 Å². The monoisotopic (exact) mass is 396 g/mol. The van der Waals surface area contributed by atoms with Crippen LogP contribution in [0.15, 0.2) is 29.2 Å². The quantitative estimate of drug-likeness (QED) is 0.726. The maximum Gasteiger partial charge on any atom is 0.335 e. The topological polar surface area (TPSA) is 101 Å². The number of unbranched alkanes of at least 4 members (excludes halogenated alkanes) is 1. The molecule has 26 heavy (non-hydrogen) atoms. The zero-order valence-corrected chi connectivity index (χ0v) is 16.4. The molecule has 0 bridgehead atoms. The minimum Gasteiger partial charge on any atom is -0.275 e. The number of carbonyl (C=O) groups is 1. The summed E-state index contributed by atoms with van der Waals surface area (Å²) in [5.74, 6) is -0.0507. The average Bonchev–Trinajstić information content (AvgIpc) is 2.53. The number of halogens is 1. The molecule has 0 atom stereocenters. The Morgan fingerprint density at radius 3 is 2.50 bits per heavy atom. The van der Waals surface area contributed by atoms with Crippen molar-refractivity contribution >= 4 is 33.6 Å². The Labute approximate surface area is 158 Å². The molecule has 0 unspecified atom stereocenters. The van der Waals surface area contributed by atoms with Gasteiger partial charge in [0.15, 0.2) is 0 Å². The number of carbonyl (C=O) groups excluding carboxylic acids is 1. The Balaban J connectivity index is 2.14. The van der Waals surface area contributed by atoms with E-state index in [4.69, 9.17) is 11.6 Å². The molecule has 0 radical (unpaired) electrons. The minimum absolute atomic E-state index is 0.0280. The SMILES string of the molecule is CCCCc1c(C)nc(NC(=O)NS(=O)(=O)c2ccccc2C)nc1Cl. The third-order valence-electron chi connectivity index (χ3n) is 3.78. The molecule has 0 aliphatic heterocycles. The van der Waals surface area contributed by atoms with Crippen LogP contribution in [0.5, 0.6) is 0 Å². The highest BCUT2D eigenvalue weighted by Crippen LogP contribution is 2.20. The summed E-state index contributed by atoms with van der Waals surface area (Å²) in [4.78, 5) is 20.3. The van der Waals surface area contributed by atoms with Crippen molar-refractivity contribution in [3.63, 3.8) is 0 Å². The van der Waals surface area contributed by atoms with Gasteiger partial charge in [0, 0.05) is 11.3 Å². The fraction of sp³-hybridized carbons (Fsp3) is 0.353. The molecule has 2 N–H and O–H groups in total. The summed E-state index contributed by atoms with van der Waals surface area (Å²) >= 11 is 6.16. The first-order valence-corrected chi connectivity index (χ1v) is 10.0. The van der Waals surface area contributed by atoms with Crippen molar-refractivity contribution in [2.45, 2.75) is 44.9 Å². The van der Waals surface area contributed by atoms with Crippen LogP contribution in [0.25, 0.3) is 0 Å². The number of hydrogen-bond donors (Lipinski definition) is 2. The van der Waals surface area contributed by atoms with Gasteiger partial charge in [-0.25, -0.2) is 27.9 Å². The summed E-state index contributed by atoms with van der Waals surface area (Å²) in [7, 11) is -4.00. The van der Waals surface area contributed by atoms with Gasteiger partial charge < -0.3 is 0 Å². The van der Waals surface area contributed by atoms with Crippen molar-refractivity contribution in [3.05, 3.63) is 46.2 Å². The van der Waals surface area contributed by atoms with Crippen LogP contribution in [-0.2, 0) is 16.4 Å². The number of sulfonamides is 1. The van der Waals surface area contributed by atoms with Gasteiger partial charge in [-0.15, -0.1) is 0 Å². The molecule has 2 aromatic rings. The first kappa shape index (κ1) is 20.1. The molecule has 1 heterocycles. The Morgan fingerprint density at radius 1 is 1.19 bits per heavy atom. The van der Waals surface area contributed by atoms with E-state index in [-0.39, 0.29) is 16.0 Å². The summed E-state index contributed by atoms with van der Waals surface area (Å²) in [6.07, 6.45) is 2.70. The van der Waals surface area contributed by atoms with Crippen molar-refractivity contribution < 1.29 is 13.2 Å². The van der Waals surface area contributed by atoms with E-state index in [9.17, 15) is 13.2 Å². The van der Waals surface area contributed by atoms with Crippen molar-refractivity contribution in [1.82, 2.24) is 14.7 Å². The van der Waals surface area contributed by atoms with Gasteiger partial charge in [-0.1, -0.05) is 43.1 Å². The summed E-state index contributed by atoms with van der Waals surface area (Å²) < 4.78 is 26.6. The van der Waals surface area contributed by atoms with Crippen molar-refractivity contribution in [2.75, 3.05) is 5.32 Å². The van der Waals surface area contributed by atoms with Crippen LogP contribution in [0.4, 0.5) is 10.7 Å². The fourth-order valence-corrected chi connectivity index (χ4v) is 3.88. The number of nitrogens with zero attached hydrogens (tertiary/aromatic N) is 2. The predicted molar refractivity (Wildman–Crippen MR) is 101 cm³/mol. The molecule has 2 rings (SSSR count). The standard InChI is InChI=1S/C17H21ClN4O3S/c1-4-5-9-13-12(3)19-16(20-15(13)18)21-17(23)22-26(24,25)14-10-7-6-8-11(14)2/h6-8,10H,4-5,9H2,1-3H3,(H2,19,20,21,22,23). The summed E-state index contributed by atoms with van der Waals surface area (Å²) in [6.45, 7) is 5.48. The van der Waals surface area contributed by atoms with E-state index in [2.05, 4.69) is 22.2 Å². The van der Waals surface area contributed by atoms with Gasteiger partial charge in [0.2, 0.25) is 5.95 Å². The smallest absolute Gasteiger partial charge is 0.275 e. The number of aryl methyl sites for hydroxylation is 2. The van der Waals surface area contributed by atoms with Crippen molar-refractivity contribution in [3.8, 4) is 0 Å². The van der Waals surface area contributed by atoms with Gasteiger partial charge in [0.05, 0.1) is 4.90 Å². The number of aromatic nitrogens is 2. The van der Waals surface area contributed by atoms with E-state index in [0.717, 1.165) is 24.8 Å². The number of rotatable bonds is 6. The lowest BCUT2D eigenvalue weighted by atomic mass is 10.1. The molecule has 9 heteroatoms. The molecule has 0 saturated heterocycles. The molecule has 0 fully saturated rings. The fourth-order valence-electron chi connectivity index (χ4n) is 2.42. The number of urea groups is 1. The van der Waals surface area contributed by atoms with Crippen molar-refractivity contribution in [1.29, 1.82) is 0 Å². The maximum absolute atomic E-state index is 12.3. The second-order valence-electron chi connectivity index (χ2n) is 5.83. The lowest BCUT2D eigenvalue weighted by Crippen LogP contribution is -2.35. The second-order valence-corrected chi connectivity index (χ2v) is 7.84. The number of hydrogen-bond acceptors (Lipinski definition) is 5. The Morgan fingerprint density at radius 2 is 1.88 bits per heavy atom. The van der Waals surface area contributed by atoms with Crippen molar-refractivity contribution in [2.24, 2.45) is 0 Å². The number of nitrogens with one attached hydrogen (secondary N) is 2. The third-order valence-corrected chi connectivity index (χ3v) is 5.58. The van der Waals surface area contributed by atoms with E-state index in [1.165, 1.54) is 6.07 Å². The molecule has 7 nitrogen and oxygen atoms in total. The van der Waals surface area contributed by atoms with E-state index >= 15 is 0 Å². The molecular formula is C17H21ClN4O3S. The molecule has 0 saturated carbocycles. The number of anilines is 1. The molecule has 1 aromatic heterocycles. The highest BCUT2D eigenvalue weighted by molar-refractivity contribution is 7.90. The van der Waals surface area contributed by atoms with Gasteiger partial charge in [-0.3, -0.25) is 5.32 Å². The Bertz CT molecular complexity index is 893. The lowest BCUT2D eigenvalue weighted by molar-refractivity contribution is 0.256. The van der Waals surface area contributed by atoms with E-state index in [0.29, 0.717) is 11.3 Å². The normalized spacial score (nSPS) is 11.2. The van der Waals surface area contributed by atoms with Crippen LogP contribution in [0, 0.1) is 13.8 Å². The Hall–Kier alpha value is -2.19. The van der Waals surface area contributed by atoms with Crippen LogP contribution in [0.3, 0.4) is 0 Å². The highest BCUT2D eigenvalue weighted by Gasteiger charge is 2.20. The van der Waals surface area contributed by atoms with Crippen LogP contribution in [0.2, 0.25) is 5.15 Å². The van der Waals surface area contributed by atoms with Crippen LogP contribution < -0.4 is 10.0 Å². The molecule has 2 amide bonds. The molecule has 1 aromatic carbocycles. The largest absolute Gasteiger partial charge is 0.335 e. The minimum atomic E-state index is -4.00. The van der Waals surface area contributed by atoms with Crippen LogP contribution in [-0.4, -0.2) is 24.4 Å². The summed E-state index contributed by atoms with van der Waals surface area (Å²) in [5.41, 5.74) is 2.01. The van der Waals surface area contributed by atoms with Crippen LogP contribution in [0.1, 0.15) is 36.6 Å². The first-order valence-electron chi connectivity index (χ1n) is 8.17. The molecule has 0 spiro atoms. The molecule has 0 aliphatic rings. The summed E-state index contributed by atoms with van der Waals surface area (Å²) in [6, 6.07) is 5.41. The van der Waals surface area contributed by atoms with Gasteiger partial charge in [0.1, 0.15) is 5.15 Å². The first-order chi connectivity index (χ1) is 12.2. The third kappa shape index (κ3) is 4.92. The predicted octanol–water partition coefficient (Wildman–Crippen LogP) is 3.60. The Kier molecular flexibility index (Phi) is 6.55. The zero-order valence-electron chi connectivity index (χ0n) is 14.8. The van der Waals surface area contributed by atoms with E-state index in [1.807, 2.05) is 4.72 Å². The zero-order chi connectivity index (χ0) is 19.3. The maximum atomic E-state index is 12.3. The van der Waals surface area contributed by atoms with Crippen LogP contribution >= 0.6 is 11.6 Å². The van der Waals surface area contributed by atoms with E-state index < -0.39 is 16.1 Å². The molecular weight excluding hydrogens is 376 g/mol. The molecule has 0 aliphatic carbocycles. The number of amides is 2. The van der Waals surface area contributed by atoms with Gasteiger partial charge in [-0.2, -0.15) is 0 Å². The average molecular weight is 397 g/mol. The van der Waals surface area contributed by atoms with Gasteiger partial charge in [-0.05, 0) is 38.3 Å². The molecule has 140 valence electrons. The highest BCUT2D eigenvalue weighted by atomic mass is 35.5. The second kappa shape index (κ2) is 8.46. The summed E-state index contributed by atoms with van der Waals surface area (Å²) in [5, 5.41) is 2.57. The van der Waals surface area contributed by atoms with Gasteiger partial charge in [0.25, 0.3) is 10.0 Å². The number of benzene rings is 1. The van der Waals surface area contributed by atoms with Gasteiger partial charge >= 0.3 is 6.03 Å².